The number of H-pyrrole nitrogens is 1. The average molecular weight is 394 g/mol. The molecule has 3 aromatic heterocycles. The van der Waals surface area contributed by atoms with Crippen molar-refractivity contribution >= 4 is 11.7 Å². The van der Waals surface area contributed by atoms with Crippen molar-refractivity contribution in [1.82, 2.24) is 24.7 Å². The number of amides is 1. The zero-order chi connectivity index (χ0) is 20.2. The molecule has 29 heavy (non-hydrogen) atoms. The summed E-state index contributed by atoms with van der Waals surface area (Å²) in [5, 5.41) is 7.21. The second-order valence-corrected chi connectivity index (χ2v) is 6.95. The first-order chi connectivity index (χ1) is 14.1. The highest BCUT2D eigenvalue weighted by Gasteiger charge is 2.20. The van der Waals surface area contributed by atoms with Crippen LogP contribution in [-0.2, 0) is 16.0 Å². The molecule has 0 aromatic carbocycles. The molecule has 0 atom stereocenters. The van der Waals surface area contributed by atoms with Crippen LogP contribution in [0.4, 0.5) is 5.82 Å². The SMILES string of the molecule is Cc1nc(-c2cccnc2)[nH]c(=O)c1CC(=O)Nc1ccnn1C1CCOCC1. The Hall–Kier alpha value is -3.33. The number of pyridine rings is 1. The average Bonchev–Trinajstić information content (AvgIpc) is 3.20. The van der Waals surface area contributed by atoms with Crippen LogP contribution in [0, 0.1) is 6.92 Å². The maximum absolute atomic E-state index is 12.6. The van der Waals surface area contributed by atoms with Crippen LogP contribution in [0.5, 0.6) is 0 Å². The fourth-order valence-electron chi connectivity index (χ4n) is 3.44. The number of aryl methyl sites for hydroxylation is 1. The van der Waals surface area contributed by atoms with Gasteiger partial charge >= 0.3 is 0 Å². The van der Waals surface area contributed by atoms with Crippen molar-refractivity contribution in [2.75, 3.05) is 18.5 Å². The van der Waals surface area contributed by atoms with Gasteiger partial charge in [-0.2, -0.15) is 5.10 Å². The second-order valence-electron chi connectivity index (χ2n) is 6.95. The number of anilines is 1. The summed E-state index contributed by atoms with van der Waals surface area (Å²) in [6.07, 6.45) is 6.57. The van der Waals surface area contributed by atoms with Crippen LogP contribution in [0.3, 0.4) is 0 Å². The minimum absolute atomic E-state index is 0.0690. The van der Waals surface area contributed by atoms with E-state index in [4.69, 9.17) is 4.74 Å². The zero-order valence-electron chi connectivity index (χ0n) is 16.1. The molecule has 1 aliphatic rings. The lowest BCUT2D eigenvalue weighted by atomic mass is 10.1. The highest BCUT2D eigenvalue weighted by Crippen LogP contribution is 2.24. The predicted octanol–water partition coefficient (Wildman–Crippen LogP) is 1.87. The topological polar surface area (TPSA) is 115 Å². The van der Waals surface area contributed by atoms with Gasteiger partial charge in [0.25, 0.3) is 5.56 Å². The molecule has 0 aliphatic carbocycles. The van der Waals surface area contributed by atoms with E-state index in [2.05, 4.69) is 25.4 Å². The monoisotopic (exact) mass is 394 g/mol. The molecule has 0 radical (unpaired) electrons. The van der Waals surface area contributed by atoms with Crippen LogP contribution >= 0.6 is 0 Å². The van der Waals surface area contributed by atoms with Crippen molar-refractivity contribution in [2.24, 2.45) is 0 Å². The standard InChI is InChI=1S/C20H22N6O3/c1-13-16(20(28)25-19(23-13)14-3-2-7-21-12-14)11-18(27)24-17-4-8-22-26(17)15-5-9-29-10-6-15/h2-4,7-8,12,15H,5-6,9-11H2,1H3,(H,24,27)(H,23,25,28). The summed E-state index contributed by atoms with van der Waals surface area (Å²) in [5.41, 5.74) is 1.24. The molecule has 2 N–H and O–H groups in total. The van der Waals surface area contributed by atoms with Gasteiger partial charge in [-0.15, -0.1) is 0 Å². The number of hydrogen-bond donors (Lipinski definition) is 2. The maximum atomic E-state index is 12.6. The van der Waals surface area contributed by atoms with Gasteiger partial charge in [0.05, 0.1) is 18.7 Å². The van der Waals surface area contributed by atoms with E-state index in [1.54, 1.807) is 37.6 Å². The third-order valence-corrected chi connectivity index (χ3v) is 4.97. The molecule has 0 saturated carbocycles. The molecule has 1 fully saturated rings. The highest BCUT2D eigenvalue weighted by atomic mass is 16.5. The van der Waals surface area contributed by atoms with E-state index < -0.39 is 0 Å². The molecule has 4 heterocycles. The summed E-state index contributed by atoms with van der Waals surface area (Å²) in [6.45, 7) is 3.09. The number of carbonyl (C=O) groups is 1. The van der Waals surface area contributed by atoms with E-state index in [9.17, 15) is 9.59 Å². The fourth-order valence-corrected chi connectivity index (χ4v) is 3.44. The Morgan fingerprint density at radius 3 is 2.86 bits per heavy atom. The summed E-state index contributed by atoms with van der Waals surface area (Å²) in [7, 11) is 0. The van der Waals surface area contributed by atoms with Gasteiger partial charge < -0.3 is 15.0 Å². The molecule has 1 amide bonds. The van der Waals surface area contributed by atoms with Gasteiger partial charge in [0.1, 0.15) is 11.6 Å². The summed E-state index contributed by atoms with van der Waals surface area (Å²) in [4.78, 5) is 36.4. The van der Waals surface area contributed by atoms with Gasteiger partial charge in [-0.05, 0) is 31.9 Å². The summed E-state index contributed by atoms with van der Waals surface area (Å²) in [6, 6.07) is 5.54. The van der Waals surface area contributed by atoms with Crippen LogP contribution in [0.2, 0.25) is 0 Å². The van der Waals surface area contributed by atoms with Crippen LogP contribution in [0.25, 0.3) is 11.4 Å². The number of hydrogen-bond acceptors (Lipinski definition) is 6. The van der Waals surface area contributed by atoms with Gasteiger partial charge in [-0.1, -0.05) is 0 Å². The molecule has 0 unspecified atom stereocenters. The predicted molar refractivity (Wildman–Crippen MR) is 106 cm³/mol. The number of aromatic nitrogens is 5. The quantitative estimate of drug-likeness (QED) is 0.683. The Labute approximate surface area is 167 Å². The van der Waals surface area contributed by atoms with Crippen molar-refractivity contribution in [3.05, 3.63) is 58.4 Å². The highest BCUT2D eigenvalue weighted by molar-refractivity contribution is 5.91. The normalized spacial score (nSPS) is 14.7. The zero-order valence-corrected chi connectivity index (χ0v) is 16.1. The molecule has 1 saturated heterocycles. The number of nitrogens with one attached hydrogen (secondary N) is 2. The minimum Gasteiger partial charge on any atom is -0.381 e. The van der Waals surface area contributed by atoms with Crippen molar-refractivity contribution in [3.63, 3.8) is 0 Å². The lowest BCUT2D eigenvalue weighted by Crippen LogP contribution is -2.26. The number of ether oxygens (including phenoxy) is 1. The Balaban J connectivity index is 1.49. The molecule has 0 bridgehead atoms. The molecule has 1 aliphatic heterocycles. The first-order valence-electron chi connectivity index (χ1n) is 9.53. The van der Waals surface area contributed by atoms with Crippen LogP contribution < -0.4 is 10.9 Å². The Kier molecular flexibility index (Phi) is 5.48. The Morgan fingerprint density at radius 1 is 1.31 bits per heavy atom. The number of rotatable bonds is 5. The molecular weight excluding hydrogens is 372 g/mol. The van der Waals surface area contributed by atoms with Crippen LogP contribution in [0.1, 0.15) is 30.1 Å². The molecule has 9 nitrogen and oxygen atoms in total. The fraction of sp³-hybridized carbons (Fsp3) is 0.350. The van der Waals surface area contributed by atoms with Crippen LogP contribution in [0.15, 0.2) is 41.6 Å². The van der Waals surface area contributed by atoms with E-state index in [1.807, 2.05) is 10.7 Å². The molecule has 9 heteroatoms. The minimum atomic E-state index is -0.329. The summed E-state index contributed by atoms with van der Waals surface area (Å²) < 4.78 is 7.21. The van der Waals surface area contributed by atoms with Gasteiger partial charge in [0, 0.05) is 48.5 Å². The largest absolute Gasteiger partial charge is 0.381 e. The Morgan fingerprint density at radius 2 is 2.14 bits per heavy atom. The summed E-state index contributed by atoms with van der Waals surface area (Å²) in [5.74, 6) is 0.765. The second kappa shape index (κ2) is 8.36. The summed E-state index contributed by atoms with van der Waals surface area (Å²) >= 11 is 0. The number of nitrogens with zero attached hydrogens (tertiary/aromatic N) is 4. The molecule has 0 spiro atoms. The molecule has 150 valence electrons. The first-order valence-corrected chi connectivity index (χ1v) is 9.53. The lowest BCUT2D eigenvalue weighted by Gasteiger charge is -2.24. The maximum Gasteiger partial charge on any atom is 0.255 e. The van der Waals surface area contributed by atoms with E-state index in [-0.39, 0.29) is 23.9 Å². The molecule has 4 rings (SSSR count). The van der Waals surface area contributed by atoms with Crippen molar-refractivity contribution < 1.29 is 9.53 Å². The molecule has 3 aromatic rings. The van der Waals surface area contributed by atoms with Gasteiger partial charge in [0.2, 0.25) is 5.91 Å². The van der Waals surface area contributed by atoms with Crippen molar-refractivity contribution in [1.29, 1.82) is 0 Å². The first kappa shape index (κ1) is 19.0. The van der Waals surface area contributed by atoms with Gasteiger partial charge in [0.15, 0.2) is 0 Å². The lowest BCUT2D eigenvalue weighted by molar-refractivity contribution is -0.115. The van der Waals surface area contributed by atoms with Crippen molar-refractivity contribution in [2.45, 2.75) is 32.2 Å². The smallest absolute Gasteiger partial charge is 0.255 e. The van der Waals surface area contributed by atoms with E-state index in [0.29, 0.717) is 41.7 Å². The van der Waals surface area contributed by atoms with Gasteiger partial charge in [-0.3, -0.25) is 14.6 Å². The number of aromatic amines is 1. The third kappa shape index (κ3) is 4.24. The third-order valence-electron chi connectivity index (χ3n) is 4.97. The van der Waals surface area contributed by atoms with E-state index >= 15 is 0 Å². The number of carbonyl (C=O) groups excluding carboxylic acids is 1. The molecular formula is C20H22N6O3. The van der Waals surface area contributed by atoms with E-state index in [0.717, 1.165) is 12.8 Å². The van der Waals surface area contributed by atoms with Crippen LogP contribution in [-0.4, -0.2) is 43.9 Å². The van der Waals surface area contributed by atoms with E-state index in [1.165, 1.54) is 0 Å². The van der Waals surface area contributed by atoms with Crippen molar-refractivity contribution in [3.8, 4) is 11.4 Å². The van der Waals surface area contributed by atoms with Gasteiger partial charge in [-0.25, -0.2) is 9.67 Å². The Bertz CT molecular complexity index is 1050.